The highest BCUT2D eigenvalue weighted by Crippen LogP contribution is 2.48. The zero-order valence-corrected chi connectivity index (χ0v) is 23.1. The molecular weight excluding hydrogens is 510 g/mol. The number of ether oxygens (including phenoxy) is 1. The fourth-order valence-electron chi connectivity index (χ4n) is 4.45. The number of halogens is 1. The van der Waals surface area contributed by atoms with E-state index in [0.29, 0.717) is 11.0 Å². The minimum absolute atomic E-state index is 0.0340. The molecule has 3 rings (SSSR count). The van der Waals surface area contributed by atoms with Crippen LogP contribution in [0.3, 0.4) is 0 Å². The van der Waals surface area contributed by atoms with E-state index in [0.717, 1.165) is 28.9 Å². The highest BCUT2D eigenvalue weighted by molar-refractivity contribution is 9.08. The van der Waals surface area contributed by atoms with Crippen molar-refractivity contribution < 1.29 is 24.2 Å². The molecule has 1 aliphatic rings. The molecule has 0 radical (unpaired) electrons. The van der Waals surface area contributed by atoms with Crippen molar-refractivity contribution in [3.8, 4) is 0 Å². The average Bonchev–Trinajstić information content (AvgIpc) is 2.75. The van der Waals surface area contributed by atoms with Crippen LogP contribution in [-0.4, -0.2) is 28.7 Å². The summed E-state index contributed by atoms with van der Waals surface area (Å²) >= 11 is 3.56. The first kappa shape index (κ1) is 26.9. The molecule has 0 aromatic heterocycles. The van der Waals surface area contributed by atoms with Crippen LogP contribution >= 0.6 is 15.9 Å². The minimum atomic E-state index is -1.09. The van der Waals surface area contributed by atoms with E-state index in [-0.39, 0.29) is 22.0 Å². The lowest BCUT2D eigenvalue weighted by molar-refractivity contribution is 0.0562. The number of carboxylic acid groups (broad SMARTS) is 1. The van der Waals surface area contributed by atoms with Gasteiger partial charge in [-0.2, -0.15) is 0 Å². The second-order valence-electron chi connectivity index (χ2n) is 11.4. The smallest absolute Gasteiger partial charge is 0.422 e. The van der Waals surface area contributed by atoms with Crippen molar-refractivity contribution >= 4 is 39.6 Å². The Balaban J connectivity index is 2.22. The number of carbonyl (C=O) groups is 3. The first-order chi connectivity index (χ1) is 16.1. The van der Waals surface area contributed by atoms with Crippen LogP contribution in [-0.2, 0) is 20.9 Å². The standard InChI is InChI=1S/C28H34BrNO5/c1-26(2,3)35-25(34)30(23(31)17-8-10-18(11-9-17)24(32)33)22-15-21-20(14-19(22)16-29)27(4,5)12-13-28(21,6)7/h8-11,14-15H,12-13,16H2,1-7H3,(H,32,33). The first-order valence-corrected chi connectivity index (χ1v) is 12.8. The summed E-state index contributed by atoms with van der Waals surface area (Å²) in [6.45, 7) is 14.1. The van der Waals surface area contributed by atoms with Crippen molar-refractivity contribution in [2.24, 2.45) is 0 Å². The molecule has 35 heavy (non-hydrogen) atoms. The molecule has 2 aromatic rings. The molecule has 2 aromatic carbocycles. The van der Waals surface area contributed by atoms with Gasteiger partial charge in [-0.05, 0) is 91.5 Å². The van der Waals surface area contributed by atoms with Crippen molar-refractivity contribution in [1.29, 1.82) is 0 Å². The number of rotatable bonds is 4. The van der Waals surface area contributed by atoms with Gasteiger partial charge >= 0.3 is 12.1 Å². The predicted molar refractivity (Wildman–Crippen MR) is 141 cm³/mol. The third-order valence-corrected chi connectivity index (χ3v) is 7.20. The maximum Gasteiger partial charge on any atom is 0.422 e. The second-order valence-corrected chi connectivity index (χ2v) is 12.0. The number of fused-ring (bicyclic) bond motifs is 1. The van der Waals surface area contributed by atoms with Crippen LogP contribution in [0.5, 0.6) is 0 Å². The summed E-state index contributed by atoms with van der Waals surface area (Å²) in [5.74, 6) is -1.67. The molecule has 0 fully saturated rings. The summed E-state index contributed by atoms with van der Waals surface area (Å²) in [7, 11) is 0. The van der Waals surface area contributed by atoms with Crippen LogP contribution in [0, 0.1) is 0 Å². The third-order valence-electron chi connectivity index (χ3n) is 6.59. The number of benzene rings is 2. The van der Waals surface area contributed by atoms with E-state index < -0.39 is 23.6 Å². The van der Waals surface area contributed by atoms with Crippen LogP contribution in [0.1, 0.15) is 98.7 Å². The van der Waals surface area contributed by atoms with Crippen LogP contribution in [0.2, 0.25) is 0 Å². The summed E-state index contributed by atoms with van der Waals surface area (Å²) < 4.78 is 5.65. The van der Waals surface area contributed by atoms with Gasteiger partial charge in [0.05, 0.1) is 11.3 Å². The molecule has 0 saturated carbocycles. The molecule has 188 valence electrons. The number of hydrogen-bond donors (Lipinski definition) is 1. The van der Waals surface area contributed by atoms with Crippen LogP contribution in [0.4, 0.5) is 10.5 Å². The predicted octanol–water partition coefficient (Wildman–Crippen LogP) is 7.21. The fraction of sp³-hybridized carbons (Fsp3) is 0.464. The Morgan fingerprint density at radius 3 is 1.89 bits per heavy atom. The average molecular weight is 544 g/mol. The van der Waals surface area contributed by atoms with Gasteiger partial charge < -0.3 is 9.84 Å². The fourth-order valence-corrected chi connectivity index (χ4v) is 4.89. The Bertz CT molecular complexity index is 1160. The van der Waals surface area contributed by atoms with E-state index in [4.69, 9.17) is 4.74 Å². The molecule has 2 amide bonds. The Kier molecular flexibility index (Phi) is 7.24. The van der Waals surface area contributed by atoms with Gasteiger partial charge in [0.1, 0.15) is 5.60 Å². The van der Waals surface area contributed by atoms with E-state index in [1.165, 1.54) is 29.8 Å². The molecule has 1 aliphatic carbocycles. The van der Waals surface area contributed by atoms with E-state index in [1.54, 1.807) is 20.8 Å². The summed E-state index contributed by atoms with van der Waals surface area (Å²) in [5, 5.41) is 9.66. The molecule has 1 N–H and O–H groups in total. The quantitative estimate of drug-likeness (QED) is 0.411. The summed E-state index contributed by atoms with van der Waals surface area (Å²) in [6.07, 6.45) is 1.25. The molecule has 7 heteroatoms. The normalized spacial score (nSPS) is 16.2. The van der Waals surface area contributed by atoms with Gasteiger partial charge in [-0.25, -0.2) is 14.5 Å². The number of alkyl halides is 1. The monoisotopic (exact) mass is 543 g/mol. The Morgan fingerprint density at radius 1 is 0.943 bits per heavy atom. The van der Waals surface area contributed by atoms with Gasteiger partial charge in [0.15, 0.2) is 0 Å². The van der Waals surface area contributed by atoms with Crippen molar-refractivity contribution in [3.05, 3.63) is 64.2 Å². The maximum atomic E-state index is 13.7. The van der Waals surface area contributed by atoms with E-state index in [1.807, 2.05) is 6.07 Å². The Morgan fingerprint density at radius 2 is 1.43 bits per heavy atom. The molecule has 0 saturated heterocycles. The molecule has 0 atom stereocenters. The van der Waals surface area contributed by atoms with Crippen LogP contribution < -0.4 is 4.90 Å². The third kappa shape index (κ3) is 5.61. The highest BCUT2D eigenvalue weighted by atomic mass is 79.9. The van der Waals surface area contributed by atoms with E-state index >= 15 is 0 Å². The van der Waals surface area contributed by atoms with Gasteiger partial charge in [0, 0.05) is 10.9 Å². The topological polar surface area (TPSA) is 83.9 Å². The van der Waals surface area contributed by atoms with E-state index in [2.05, 4.69) is 49.7 Å². The van der Waals surface area contributed by atoms with Crippen molar-refractivity contribution in [1.82, 2.24) is 0 Å². The number of anilines is 1. The summed E-state index contributed by atoms with van der Waals surface area (Å²) in [4.78, 5) is 39.5. The zero-order chi connectivity index (χ0) is 26.3. The van der Waals surface area contributed by atoms with Crippen molar-refractivity contribution in [2.75, 3.05) is 4.90 Å². The maximum absolute atomic E-state index is 13.7. The molecule has 0 aliphatic heterocycles. The summed E-state index contributed by atoms with van der Waals surface area (Å²) in [5.41, 5.74) is 2.87. The molecule has 0 unspecified atom stereocenters. The molecule has 0 bridgehead atoms. The minimum Gasteiger partial charge on any atom is -0.478 e. The number of aromatic carboxylic acids is 1. The SMILES string of the molecule is CC(C)(C)OC(=O)N(C(=O)c1ccc(C(=O)O)cc1)c1cc2c(cc1CBr)C(C)(C)CCC2(C)C. The van der Waals surface area contributed by atoms with Gasteiger partial charge in [0.2, 0.25) is 0 Å². The highest BCUT2D eigenvalue weighted by Gasteiger charge is 2.40. The van der Waals surface area contributed by atoms with Crippen LogP contribution in [0.25, 0.3) is 0 Å². The molecule has 0 spiro atoms. The largest absolute Gasteiger partial charge is 0.478 e. The van der Waals surface area contributed by atoms with Gasteiger partial charge in [-0.15, -0.1) is 0 Å². The van der Waals surface area contributed by atoms with Gasteiger partial charge in [-0.1, -0.05) is 49.7 Å². The number of carbonyl (C=O) groups excluding carboxylic acids is 2. The van der Waals surface area contributed by atoms with Crippen molar-refractivity contribution in [3.63, 3.8) is 0 Å². The Labute approximate surface area is 215 Å². The number of imide groups is 1. The number of nitrogens with zero attached hydrogens (tertiary/aromatic N) is 1. The number of amides is 2. The number of carboxylic acids is 1. The molecule has 6 nitrogen and oxygen atoms in total. The van der Waals surface area contributed by atoms with E-state index in [9.17, 15) is 19.5 Å². The number of hydrogen-bond acceptors (Lipinski definition) is 4. The summed E-state index contributed by atoms with van der Waals surface area (Å²) in [6, 6.07) is 9.60. The first-order valence-electron chi connectivity index (χ1n) is 11.7. The Hall–Kier alpha value is -2.67. The zero-order valence-electron chi connectivity index (χ0n) is 21.5. The lowest BCUT2D eigenvalue weighted by Gasteiger charge is -2.43. The van der Waals surface area contributed by atoms with Gasteiger partial charge in [0.25, 0.3) is 5.91 Å². The molecule has 0 heterocycles. The lowest BCUT2D eigenvalue weighted by Crippen LogP contribution is -2.42. The second kappa shape index (κ2) is 9.41. The molecular formula is C28H34BrNO5. The van der Waals surface area contributed by atoms with Crippen LogP contribution in [0.15, 0.2) is 36.4 Å². The lowest BCUT2D eigenvalue weighted by atomic mass is 9.63. The van der Waals surface area contributed by atoms with Crippen molar-refractivity contribution in [2.45, 2.75) is 83.1 Å². The van der Waals surface area contributed by atoms with Gasteiger partial charge in [-0.3, -0.25) is 4.79 Å².